The molecule has 2 aliphatic heterocycles. The third kappa shape index (κ3) is 0.827. The summed E-state index contributed by atoms with van der Waals surface area (Å²) in [6, 6.07) is 0. The molecule has 3 heteroatoms. The fraction of sp³-hybridized carbons (Fsp3) is 0.571. The molecule has 10 heavy (non-hydrogen) atoms. The summed E-state index contributed by atoms with van der Waals surface area (Å²) in [5.74, 6) is 0.120. The average Bonchev–Trinajstić information content (AvgIpc) is 2.33. The van der Waals surface area contributed by atoms with E-state index in [1.54, 1.807) is 6.08 Å². The Labute approximate surface area is 58.6 Å². The first-order valence-corrected chi connectivity index (χ1v) is 3.31. The van der Waals surface area contributed by atoms with E-state index in [9.17, 15) is 4.79 Å². The van der Waals surface area contributed by atoms with Gasteiger partial charge in [-0.15, -0.1) is 0 Å². The molecule has 0 radical (unpaired) electrons. The maximum atomic E-state index is 10.7. The van der Waals surface area contributed by atoms with E-state index in [0.717, 1.165) is 5.57 Å². The van der Waals surface area contributed by atoms with Gasteiger partial charge in [-0.1, -0.05) is 0 Å². The Kier molecular flexibility index (Phi) is 1.24. The zero-order valence-electron chi connectivity index (χ0n) is 5.50. The number of cyclic esters (lactones) is 1. The minimum absolute atomic E-state index is 0.225. The van der Waals surface area contributed by atoms with Crippen molar-refractivity contribution in [2.75, 3.05) is 19.8 Å². The summed E-state index contributed by atoms with van der Waals surface area (Å²) in [6.07, 6.45) is 1.54. The molecule has 2 aliphatic rings. The van der Waals surface area contributed by atoms with Gasteiger partial charge in [-0.3, -0.25) is 0 Å². The van der Waals surface area contributed by atoms with Crippen molar-refractivity contribution < 1.29 is 14.3 Å². The molecule has 2 rings (SSSR count). The topological polar surface area (TPSA) is 35.5 Å². The van der Waals surface area contributed by atoms with Gasteiger partial charge in [0.25, 0.3) is 0 Å². The fourth-order valence-corrected chi connectivity index (χ4v) is 1.23. The van der Waals surface area contributed by atoms with E-state index < -0.39 is 0 Å². The smallest absolute Gasteiger partial charge is 0.330 e. The first-order chi connectivity index (χ1) is 4.86. The minimum Gasteiger partial charge on any atom is -0.462 e. The van der Waals surface area contributed by atoms with E-state index in [4.69, 9.17) is 9.47 Å². The molecule has 0 amide bonds. The lowest BCUT2D eigenvalue weighted by Gasteiger charge is -2.14. The molecule has 0 aromatic carbocycles. The zero-order chi connectivity index (χ0) is 6.97. The third-order valence-corrected chi connectivity index (χ3v) is 1.84. The third-order valence-electron chi connectivity index (χ3n) is 1.84. The Morgan fingerprint density at radius 3 is 3.30 bits per heavy atom. The highest BCUT2D eigenvalue weighted by Gasteiger charge is 2.27. The molecule has 1 unspecified atom stereocenters. The molecule has 0 aliphatic carbocycles. The summed E-state index contributed by atoms with van der Waals surface area (Å²) in [6.45, 7) is 1.82. The molecule has 0 spiro atoms. The summed E-state index contributed by atoms with van der Waals surface area (Å²) in [4.78, 5) is 10.7. The number of carbonyl (C=O) groups is 1. The lowest BCUT2D eigenvalue weighted by atomic mass is 10.0. The Morgan fingerprint density at radius 1 is 1.50 bits per heavy atom. The molecule has 1 fully saturated rings. The second kappa shape index (κ2) is 2.09. The Hall–Kier alpha value is -0.830. The van der Waals surface area contributed by atoms with Gasteiger partial charge in [0, 0.05) is 12.0 Å². The van der Waals surface area contributed by atoms with Gasteiger partial charge in [0.05, 0.1) is 13.2 Å². The standard InChI is InChI=1S/C7H8O3/c8-7-1-5-2-9-3-6(5)4-10-7/h1,6H,2-4H2. The predicted molar refractivity (Wildman–Crippen MR) is 33.4 cm³/mol. The highest BCUT2D eigenvalue weighted by Crippen LogP contribution is 2.23. The maximum Gasteiger partial charge on any atom is 0.330 e. The van der Waals surface area contributed by atoms with Crippen LogP contribution < -0.4 is 0 Å². The highest BCUT2D eigenvalue weighted by atomic mass is 16.5. The van der Waals surface area contributed by atoms with Gasteiger partial charge >= 0.3 is 5.97 Å². The molecule has 0 N–H and O–H groups in total. The second-order valence-corrected chi connectivity index (χ2v) is 2.56. The maximum absolute atomic E-state index is 10.7. The van der Waals surface area contributed by atoms with Crippen LogP contribution in [0, 0.1) is 5.92 Å². The summed E-state index contributed by atoms with van der Waals surface area (Å²) >= 11 is 0. The van der Waals surface area contributed by atoms with Crippen LogP contribution >= 0.6 is 0 Å². The Morgan fingerprint density at radius 2 is 2.40 bits per heavy atom. The van der Waals surface area contributed by atoms with Gasteiger partial charge in [0.1, 0.15) is 6.61 Å². The Balaban J connectivity index is 2.23. The summed E-state index contributed by atoms with van der Waals surface area (Å²) in [5.41, 5.74) is 1.09. The van der Waals surface area contributed by atoms with Crippen LogP contribution in [0.25, 0.3) is 0 Å². The van der Waals surface area contributed by atoms with E-state index >= 15 is 0 Å². The number of rotatable bonds is 0. The van der Waals surface area contributed by atoms with Gasteiger partial charge in [0.15, 0.2) is 0 Å². The van der Waals surface area contributed by atoms with E-state index in [2.05, 4.69) is 0 Å². The number of hydrogen-bond acceptors (Lipinski definition) is 3. The molecule has 0 bridgehead atoms. The molecule has 1 saturated heterocycles. The highest BCUT2D eigenvalue weighted by molar-refractivity contribution is 5.83. The normalized spacial score (nSPS) is 31.0. The number of ether oxygens (including phenoxy) is 2. The van der Waals surface area contributed by atoms with Gasteiger partial charge in [-0.2, -0.15) is 0 Å². The van der Waals surface area contributed by atoms with Crippen molar-refractivity contribution in [1.82, 2.24) is 0 Å². The second-order valence-electron chi connectivity index (χ2n) is 2.56. The largest absolute Gasteiger partial charge is 0.462 e. The molecule has 2 heterocycles. The van der Waals surface area contributed by atoms with E-state index in [-0.39, 0.29) is 5.97 Å². The number of fused-ring (bicyclic) bond motifs is 1. The van der Waals surface area contributed by atoms with Crippen LogP contribution in [-0.2, 0) is 14.3 Å². The predicted octanol–water partition coefficient (Wildman–Crippen LogP) is 0.116. The summed E-state index contributed by atoms with van der Waals surface area (Å²) in [7, 11) is 0. The summed E-state index contributed by atoms with van der Waals surface area (Å²) in [5, 5.41) is 0. The summed E-state index contributed by atoms with van der Waals surface area (Å²) < 4.78 is 9.94. The van der Waals surface area contributed by atoms with Crippen LogP contribution in [0.5, 0.6) is 0 Å². The average molecular weight is 140 g/mol. The Bertz CT molecular complexity index is 195. The van der Waals surface area contributed by atoms with Crippen LogP contribution in [0.15, 0.2) is 11.6 Å². The van der Waals surface area contributed by atoms with E-state index in [0.29, 0.717) is 25.7 Å². The van der Waals surface area contributed by atoms with Crippen molar-refractivity contribution in [3.63, 3.8) is 0 Å². The monoisotopic (exact) mass is 140 g/mol. The van der Waals surface area contributed by atoms with Crippen molar-refractivity contribution in [2.24, 2.45) is 5.92 Å². The molecule has 54 valence electrons. The van der Waals surface area contributed by atoms with Gasteiger partial charge in [-0.05, 0) is 5.57 Å². The quantitative estimate of drug-likeness (QED) is 0.448. The van der Waals surface area contributed by atoms with Crippen molar-refractivity contribution >= 4 is 5.97 Å². The zero-order valence-corrected chi connectivity index (χ0v) is 5.50. The van der Waals surface area contributed by atoms with Gasteiger partial charge < -0.3 is 9.47 Å². The minimum atomic E-state index is -0.225. The van der Waals surface area contributed by atoms with Crippen LogP contribution in [0.1, 0.15) is 0 Å². The molecule has 0 saturated carbocycles. The fourth-order valence-electron chi connectivity index (χ4n) is 1.23. The molecule has 0 aromatic rings. The van der Waals surface area contributed by atoms with Crippen LogP contribution in [0.3, 0.4) is 0 Å². The molecular weight excluding hydrogens is 132 g/mol. The van der Waals surface area contributed by atoms with Crippen molar-refractivity contribution in [3.05, 3.63) is 11.6 Å². The lowest BCUT2D eigenvalue weighted by Crippen LogP contribution is -2.20. The van der Waals surface area contributed by atoms with E-state index in [1.165, 1.54) is 0 Å². The first kappa shape index (κ1) is 5.92. The number of esters is 1. The van der Waals surface area contributed by atoms with Crippen molar-refractivity contribution in [3.8, 4) is 0 Å². The molecular formula is C7H8O3. The lowest BCUT2D eigenvalue weighted by molar-refractivity contribution is -0.139. The van der Waals surface area contributed by atoms with Crippen LogP contribution in [0.4, 0.5) is 0 Å². The van der Waals surface area contributed by atoms with Crippen molar-refractivity contribution in [2.45, 2.75) is 0 Å². The molecule has 3 nitrogen and oxygen atoms in total. The number of hydrogen-bond donors (Lipinski definition) is 0. The SMILES string of the molecule is O=C1C=C2COCC2CO1. The molecule has 1 atom stereocenters. The van der Waals surface area contributed by atoms with Gasteiger partial charge in [-0.25, -0.2) is 4.79 Å². The van der Waals surface area contributed by atoms with Crippen molar-refractivity contribution in [1.29, 1.82) is 0 Å². The first-order valence-electron chi connectivity index (χ1n) is 3.31. The van der Waals surface area contributed by atoms with E-state index in [1.807, 2.05) is 0 Å². The van der Waals surface area contributed by atoms with Crippen LogP contribution in [0.2, 0.25) is 0 Å². The molecule has 0 aromatic heterocycles. The van der Waals surface area contributed by atoms with Gasteiger partial charge in [0.2, 0.25) is 0 Å². The van der Waals surface area contributed by atoms with Crippen LogP contribution in [-0.4, -0.2) is 25.8 Å². The number of carbonyl (C=O) groups excluding carboxylic acids is 1.